The fraction of sp³-hybridized carbons (Fsp3) is 0.333. The van der Waals surface area contributed by atoms with E-state index in [-0.39, 0.29) is 25.0 Å². The Labute approximate surface area is 163 Å². The van der Waals surface area contributed by atoms with Crippen molar-refractivity contribution in [2.24, 2.45) is 0 Å². The van der Waals surface area contributed by atoms with Gasteiger partial charge in [0.2, 0.25) is 0 Å². The number of benzene rings is 2. The van der Waals surface area contributed by atoms with E-state index in [0.29, 0.717) is 26.2 Å². The fourth-order valence-corrected chi connectivity index (χ4v) is 3.57. The third-order valence-electron chi connectivity index (χ3n) is 5.03. The zero-order chi connectivity index (χ0) is 19.5. The summed E-state index contributed by atoms with van der Waals surface area (Å²) in [5, 5.41) is 13.5. The number of aliphatic hydroxyl groups excluding tert-OH is 1. The second-order valence-electron chi connectivity index (χ2n) is 7.02. The third-order valence-corrected chi connectivity index (χ3v) is 5.03. The van der Waals surface area contributed by atoms with E-state index in [4.69, 9.17) is 4.74 Å². The summed E-state index contributed by atoms with van der Waals surface area (Å²) >= 11 is 0. The van der Waals surface area contributed by atoms with Crippen molar-refractivity contribution in [1.82, 2.24) is 4.90 Å². The fourth-order valence-electron chi connectivity index (χ4n) is 3.57. The van der Waals surface area contributed by atoms with Crippen molar-refractivity contribution in [2.75, 3.05) is 43.1 Å². The molecule has 28 heavy (non-hydrogen) atoms. The van der Waals surface area contributed by atoms with Crippen LogP contribution in [0.25, 0.3) is 0 Å². The van der Waals surface area contributed by atoms with Gasteiger partial charge in [0.25, 0.3) is 11.8 Å². The number of hydrogen-bond donors (Lipinski definition) is 2. The van der Waals surface area contributed by atoms with Crippen LogP contribution >= 0.6 is 0 Å². The van der Waals surface area contributed by atoms with Gasteiger partial charge < -0.3 is 25.0 Å². The zero-order valence-corrected chi connectivity index (χ0v) is 15.5. The molecular weight excluding hydrogens is 358 g/mol. The topological polar surface area (TPSA) is 82.1 Å². The summed E-state index contributed by atoms with van der Waals surface area (Å²) in [6, 6.07) is 15.0. The Morgan fingerprint density at radius 3 is 2.64 bits per heavy atom. The molecule has 2 N–H and O–H groups in total. The lowest BCUT2D eigenvalue weighted by Gasteiger charge is -2.27. The first kappa shape index (κ1) is 18.5. The first-order chi connectivity index (χ1) is 13.6. The van der Waals surface area contributed by atoms with E-state index in [1.165, 1.54) is 0 Å². The zero-order valence-electron chi connectivity index (χ0n) is 15.5. The van der Waals surface area contributed by atoms with Crippen LogP contribution in [0.15, 0.2) is 48.5 Å². The van der Waals surface area contributed by atoms with Gasteiger partial charge in [0.05, 0.1) is 12.7 Å². The SMILES string of the molecule is O=C1c2ccccc2CN1CC(O)CNc1ccc(N2CCOCC2=O)cc1. The highest BCUT2D eigenvalue weighted by Gasteiger charge is 2.28. The van der Waals surface area contributed by atoms with Crippen molar-refractivity contribution >= 4 is 23.2 Å². The number of aliphatic hydroxyl groups is 1. The van der Waals surface area contributed by atoms with Gasteiger partial charge in [-0.15, -0.1) is 0 Å². The first-order valence-corrected chi connectivity index (χ1v) is 9.39. The Bertz CT molecular complexity index is 868. The number of hydrogen-bond acceptors (Lipinski definition) is 5. The molecule has 146 valence electrons. The van der Waals surface area contributed by atoms with Gasteiger partial charge in [-0.25, -0.2) is 0 Å². The van der Waals surface area contributed by atoms with Crippen LogP contribution in [0.4, 0.5) is 11.4 Å². The van der Waals surface area contributed by atoms with Crippen molar-refractivity contribution in [1.29, 1.82) is 0 Å². The summed E-state index contributed by atoms with van der Waals surface area (Å²) in [7, 11) is 0. The average Bonchev–Trinajstić information content (AvgIpc) is 3.03. The number of nitrogens with one attached hydrogen (secondary N) is 1. The van der Waals surface area contributed by atoms with Crippen molar-refractivity contribution in [3.63, 3.8) is 0 Å². The molecule has 1 fully saturated rings. The Kier molecular flexibility index (Phi) is 5.27. The van der Waals surface area contributed by atoms with Crippen LogP contribution < -0.4 is 10.2 Å². The van der Waals surface area contributed by atoms with E-state index in [1.807, 2.05) is 48.5 Å². The van der Waals surface area contributed by atoms with Gasteiger partial charge in [0.1, 0.15) is 6.61 Å². The van der Waals surface area contributed by atoms with Crippen LogP contribution in [0.2, 0.25) is 0 Å². The molecule has 7 nitrogen and oxygen atoms in total. The van der Waals surface area contributed by atoms with Gasteiger partial charge in [0, 0.05) is 43.1 Å². The molecule has 0 saturated carbocycles. The van der Waals surface area contributed by atoms with E-state index >= 15 is 0 Å². The molecule has 7 heteroatoms. The molecule has 0 spiro atoms. The number of nitrogens with zero attached hydrogens (tertiary/aromatic N) is 2. The van der Waals surface area contributed by atoms with Crippen molar-refractivity contribution in [3.05, 3.63) is 59.7 Å². The van der Waals surface area contributed by atoms with Crippen LogP contribution in [0.3, 0.4) is 0 Å². The molecule has 2 amide bonds. The normalized spacial score (nSPS) is 17.6. The molecule has 0 aliphatic carbocycles. The molecule has 2 aliphatic heterocycles. The maximum atomic E-state index is 12.4. The number of amides is 2. The van der Waals surface area contributed by atoms with E-state index in [1.54, 1.807) is 9.80 Å². The lowest BCUT2D eigenvalue weighted by atomic mass is 10.1. The van der Waals surface area contributed by atoms with Crippen LogP contribution in [0, 0.1) is 0 Å². The summed E-state index contributed by atoms with van der Waals surface area (Å²) in [6.07, 6.45) is -0.682. The molecule has 1 saturated heterocycles. The lowest BCUT2D eigenvalue weighted by Crippen LogP contribution is -2.41. The van der Waals surface area contributed by atoms with Crippen molar-refractivity contribution < 1.29 is 19.4 Å². The summed E-state index contributed by atoms with van der Waals surface area (Å²) < 4.78 is 5.15. The predicted molar refractivity (Wildman–Crippen MR) is 105 cm³/mol. The molecule has 2 aliphatic rings. The number of β-amino-alcohol motifs (C(OH)–C–C–N with tert-alkyl or cyclic N) is 1. The van der Waals surface area contributed by atoms with E-state index < -0.39 is 6.10 Å². The second kappa shape index (κ2) is 8.00. The number of morpholine rings is 1. The van der Waals surface area contributed by atoms with Gasteiger partial charge in [-0.05, 0) is 35.9 Å². The second-order valence-corrected chi connectivity index (χ2v) is 7.02. The minimum absolute atomic E-state index is 0.0332. The predicted octanol–water partition coefficient (Wildman–Crippen LogP) is 1.48. The Morgan fingerprint density at radius 2 is 1.89 bits per heavy atom. The summed E-state index contributed by atoms with van der Waals surface area (Å²) in [4.78, 5) is 27.6. The standard InChI is InChI=1S/C21H23N3O4/c25-18(13-23-12-15-3-1-2-4-19(15)21(23)27)11-22-16-5-7-17(8-6-16)24-9-10-28-14-20(24)26/h1-8,18,22,25H,9-14H2. The Balaban J connectivity index is 1.29. The van der Waals surface area contributed by atoms with Gasteiger partial charge in [-0.1, -0.05) is 18.2 Å². The van der Waals surface area contributed by atoms with Gasteiger partial charge in [0.15, 0.2) is 0 Å². The Hall–Kier alpha value is -2.90. The van der Waals surface area contributed by atoms with E-state index in [0.717, 1.165) is 22.5 Å². The van der Waals surface area contributed by atoms with Crippen LogP contribution in [-0.4, -0.2) is 60.8 Å². The number of anilines is 2. The molecule has 2 heterocycles. The summed E-state index contributed by atoms with van der Waals surface area (Å²) in [5.74, 6) is -0.0761. The molecule has 0 radical (unpaired) electrons. The lowest BCUT2D eigenvalue weighted by molar-refractivity contribution is -0.125. The van der Waals surface area contributed by atoms with Crippen molar-refractivity contribution in [3.8, 4) is 0 Å². The maximum absolute atomic E-state index is 12.4. The first-order valence-electron chi connectivity index (χ1n) is 9.39. The van der Waals surface area contributed by atoms with Crippen molar-refractivity contribution in [2.45, 2.75) is 12.6 Å². The molecule has 1 unspecified atom stereocenters. The average molecular weight is 381 g/mol. The minimum atomic E-state index is -0.682. The van der Waals surface area contributed by atoms with Gasteiger partial charge >= 0.3 is 0 Å². The van der Waals surface area contributed by atoms with Gasteiger partial charge in [-0.2, -0.15) is 0 Å². The third kappa shape index (κ3) is 3.85. The molecular formula is C21H23N3O4. The van der Waals surface area contributed by atoms with Gasteiger partial charge in [-0.3, -0.25) is 9.59 Å². The molecule has 0 bridgehead atoms. The number of ether oxygens (including phenoxy) is 1. The van der Waals surface area contributed by atoms with Crippen LogP contribution in [0.5, 0.6) is 0 Å². The minimum Gasteiger partial charge on any atom is -0.389 e. The number of rotatable bonds is 6. The molecule has 0 aromatic heterocycles. The summed E-state index contributed by atoms with van der Waals surface area (Å²) in [6.45, 7) is 2.35. The molecule has 2 aromatic rings. The highest BCUT2D eigenvalue weighted by Crippen LogP contribution is 2.23. The number of fused-ring (bicyclic) bond motifs is 1. The van der Waals surface area contributed by atoms with Crippen LogP contribution in [-0.2, 0) is 16.1 Å². The highest BCUT2D eigenvalue weighted by molar-refractivity contribution is 5.98. The number of carbonyl (C=O) groups excluding carboxylic acids is 2. The molecule has 1 atom stereocenters. The monoisotopic (exact) mass is 381 g/mol. The van der Waals surface area contributed by atoms with E-state index in [9.17, 15) is 14.7 Å². The maximum Gasteiger partial charge on any atom is 0.254 e. The largest absolute Gasteiger partial charge is 0.389 e. The molecule has 2 aromatic carbocycles. The Morgan fingerprint density at radius 1 is 1.11 bits per heavy atom. The number of carbonyl (C=O) groups is 2. The smallest absolute Gasteiger partial charge is 0.254 e. The van der Waals surface area contributed by atoms with Crippen LogP contribution in [0.1, 0.15) is 15.9 Å². The van der Waals surface area contributed by atoms with E-state index in [2.05, 4.69) is 5.32 Å². The highest BCUT2D eigenvalue weighted by atomic mass is 16.5. The molecule has 4 rings (SSSR count). The summed E-state index contributed by atoms with van der Waals surface area (Å²) in [5.41, 5.74) is 3.40. The quantitative estimate of drug-likeness (QED) is 0.792.